The summed E-state index contributed by atoms with van der Waals surface area (Å²) < 4.78 is 19.0. The third-order valence-electron chi connectivity index (χ3n) is 2.99. The lowest BCUT2D eigenvalue weighted by atomic mass is 10.2. The average molecular weight is 291 g/mol. The summed E-state index contributed by atoms with van der Waals surface area (Å²) in [6.07, 6.45) is 0.636. The van der Waals surface area contributed by atoms with Gasteiger partial charge in [0.2, 0.25) is 0 Å². The highest BCUT2D eigenvalue weighted by atomic mass is 19.1. The molecule has 0 fully saturated rings. The van der Waals surface area contributed by atoms with Crippen LogP contribution < -0.4 is 5.32 Å². The van der Waals surface area contributed by atoms with Gasteiger partial charge in [-0.15, -0.1) is 0 Å². The van der Waals surface area contributed by atoms with Gasteiger partial charge in [0.25, 0.3) is 5.91 Å². The van der Waals surface area contributed by atoms with Gasteiger partial charge in [0.1, 0.15) is 11.6 Å². The van der Waals surface area contributed by atoms with Crippen molar-refractivity contribution < 1.29 is 23.5 Å². The van der Waals surface area contributed by atoms with Gasteiger partial charge in [-0.1, -0.05) is 6.92 Å². The molecule has 1 amide bonds. The second kappa shape index (κ2) is 5.78. The Kier molecular flexibility index (Phi) is 4.07. The van der Waals surface area contributed by atoms with E-state index >= 15 is 0 Å². The van der Waals surface area contributed by atoms with Crippen LogP contribution in [0.3, 0.4) is 0 Å². The molecule has 1 aromatic carbocycles. The number of anilines is 1. The van der Waals surface area contributed by atoms with Crippen molar-refractivity contribution in [3.8, 4) is 0 Å². The van der Waals surface area contributed by atoms with Gasteiger partial charge < -0.3 is 14.8 Å². The molecule has 21 heavy (non-hydrogen) atoms. The molecule has 0 unspecified atom stereocenters. The number of amides is 1. The normalized spacial score (nSPS) is 10.4. The largest absolute Gasteiger partial charge is 0.478 e. The predicted molar refractivity (Wildman–Crippen MR) is 74.1 cm³/mol. The Labute approximate surface area is 120 Å². The standard InChI is InChI=1S/C15H14FNO4/c1-3-10-6-8(2)13(21-10)14(18)17-12-7-9(15(19)20)4-5-11(12)16/h4-7H,3H2,1-2H3,(H,17,18)(H,19,20). The Morgan fingerprint density at radius 2 is 2.05 bits per heavy atom. The van der Waals surface area contributed by atoms with Gasteiger partial charge in [0.15, 0.2) is 5.76 Å². The zero-order valence-corrected chi connectivity index (χ0v) is 11.6. The topological polar surface area (TPSA) is 79.5 Å². The van der Waals surface area contributed by atoms with Crippen LogP contribution in [0.5, 0.6) is 0 Å². The number of carboxylic acid groups (broad SMARTS) is 1. The molecule has 0 saturated carbocycles. The van der Waals surface area contributed by atoms with Crippen molar-refractivity contribution in [2.75, 3.05) is 5.32 Å². The number of aryl methyl sites for hydroxylation is 2. The highest BCUT2D eigenvalue weighted by Crippen LogP contribution is 2.20. The van der Waals surface area contributed by atoms with Crippen LogP contribution in [0.1, 0.15) is 39.2 Å². The molecule has 1 aromatic heterocycles. The van der Waals surface area contributed by atoms with E-state index in [-0.39, 0.29) is 17.0 Å². The van der Waals surface area contributed by atoms with Crippen molar-refractivity contribution in [2.24, 2.45) is 0 Å². The van der Waals surface area contributed by atoms with Crippen molar-refractivity contribution in [3.05, 3.63) is 52.7 Å². The SMILES string of the molecule is CCc1cc(C)c(C(=O)Nc2cc(C(=O)O)ccc2F)o1. The molecular formula is C15H14FNO4. The second-order valence-corrected chi connectivity index (χ2v) is 4.53. The van der Waals surface area contributed by atoms with Crippen molar-refractivity contribution >= 4 is 17.6 Å². The number of carbonyl (C=O) groups excluding carboxylic acids is 1. The molecule has 2 N–H and O–H groups in total. The lowest BCUT2D eigenvalue weighted by Gasteiger charge is -2.06. The van der Waals surface area contributed by atoms with E-state index in [2.05, 4.69) is 5.32 Å². The molecule has 5 nitrogen and oxygen atoms in total. The Bertz CT molecular complexity index is 706. The summed E-state index contributed by atoms with van der Waals surface area (Å²) in [4.78, 5) is 22.9. The van der Waals surface area contributed by atoms with E-state index in [0.29, 0.717) is 17.7 Å². The molecule has 0 bridgehead atoms. The molecule has 0 atom stereocenters. The monoisotopic (exact) mass is 291 g/mol. The van der Waals surface area contributed by atoms with Crippen LogP contribution in [0.4, 0.5) is 10.1 Å². The summed E-state index contributed by atoms with van der Waals surface area (Å²) in [5.74, 6) is -1.79. The van der Waals surface area contributed by atoms with E-state index in [1.165, 1.54) is 0 Å². The molecule has 2 aromatic rings. The summed E-state index contributed by atoms with van der Waals surface area (Å²) in [6, 6.07) is 4.92. The van der Waals surface area contributed by atoms with Gasteiger partial charge in [-0.3, -0.25) is 4.79 Å². The maximum absolute atomic E-state index is 13.6. The molecule has 0 radical (unpaired) electrons. The first-order valence-electron chi connectivity index (χ1n) is 6.36. The molecule has 110 valence electrons. The van der Waals surface area contributed by atoms with Crippen molar-refractivity contribution in [2.45, 2.75) is 20.3 Å². The van der Waals surface area contributed by atoms with E-state index in [1.807, 2.05) is 6.92 Å². The van der Waals surface area contributed by atoms with Gasteiger partial charge >= 0.3 is 5.97 Å². The zero-order valence-electron chi connectivity index (χ0n) is 11.6. The summed E-state index contributed by atoms with van der Waals surface area (Å²) in [6.45, 7) is 3.59. The fourth-order valence-corrected chi connectivity index (χ4v) is 1.88. The number of benzene rings is 1. The lowest BCUT2D eigenvalue weighted by Crippen LogP contribution is -2.14. The summed E-state index contributed by atoms with van der Waals surface area (Å²) in [5.41, 5.74) is 0.324. The van der Waals surface area contributed by atoms with Crippen LogP contribution in [-0.2, 0) is 6.42 Å². The minimum Gasteiger partial charge on any atom is -0.478 e. The Morgan fingerprint density at radius 3 is 2.62 bits per heavy atom. The second-order valence-electron chi connectivity index (χ2n) is 4.53. The highest BCUT2D eigenvalue weighted by molar-refractivity contribution is 6.04. The van der Waals surface area contributed by atoms with Crippen molar-refractivity contribution in [1.82, 2.24) is 0 Å². The van der Waals surface area contributed by atoms with Gasteiger partial charge in [-0.25, -0.2) is 9.18 Å². The maximum atomic E-state index is 13.6. The summed E-state index contributed by atoms with van der Waals surface area (Å²) in [7, 11) is 0. The molecule has 1 heterocycles. The fourth-order valence-electron chi connectivity index (χ4n) is 1.88. The number of carbonyl (C=O) groups is 2. The van der Waals surface area contributed by atoms with Gasteiger partial charge in [0, 0.05) is 12.0 Å². The van der Waals surface area contributed by atoms with Gasteiger partial charge in [0.05, 0.1) is 11.3 Å². The van der Waals surface area contributed by atoms with Crippen LogP contribution in [0.2, 0.25) is 0 Å². The molecular weight excluding hydrogens is 277 g/mol. The van der Waals surface area contributed by atoms with E-state index in [9.17, 15) is 14.0 Å². The van der Waals surface area contributed by atoms with Gasteiger partial charge in [-0.2, -0.15) is 0 Å². The first-order chi connectivity index (χ1) is 9.92. The number of carboxylic acids is 1. The summed E-state index contributed by atoms with van der Waals surface area (Å²) in [5, 5.41) is 11.2. The minimum absolute atomic E-state index is 0.0898. The number of hydrogen-bond acceptors (Lipinski definition) is 3. The van der Waals surface area contributed by atoms with Crippen LogP contribution in [0.15, 0.2) is 28.7 Å². The average Bonchev–Trinajstić information content (AvgIpc) is 2.82. The Morgan fingerprint density at radius 1 is 1.33 bits per heavy atom. The number of hydrogen-bond donors (Lipinski definition) is 2. The quantitative estimate of drug-likeness (QED) is 0.906. The van der Waals surface area contributed by atoms with Gasteiger partial charge in [-0.05, 0) is 31.2 Å². The minimum atomic E-state index is -1.20. The molecule has 0 aliphatic carbocycles. The lowest BCUT2D eigenvalue weighted by molar-refractivity contribution is 0.0696. The molecule has 6 heteroatoms. The molecule has 0 aliphatic rings. The fraction of sp³-hybridized carbons (Fsp3) is 0.200. The Hall–Kier alpha value is -2.63. The zero-order chi connectivity index (χ0) is 15.6. The highest BCUT2D eigenvalue weighted by Gasteiger charge is 2.17. The predicted octanol–water partition coefficient (Wildman–Crippen LogP) is 3.24. The molecule has 0 saturated heterocycles. The van der Waals surface area contributed by atoms with E-state index < -0.39 is 17.7 Å². The third-order valence-corrected chi connectivity index (χ3v) is 2.99. The molecule has 2 rings (SSSR count). The number of furan rings is 1. The smallest absolute Gasteiger partial charge is 0.335 e. The van der Waals surface area contributed by atoms with Crippen LogP contribution >= 0.6 is 0 Å². The number of nitrogens with one attached hydrogen (secondary N) is 1. The molecule has 0 aliphatic heterocycles. The van der Waals surface area contributed by atoms with Crippen LogP contribution in [0, 0.1) is 12.7 Å². The van der Waals surface area contributed by atoms with Crippen molar-refractivity contribution in [3.63, 3.8) is 0 Å². The van der Waals surface area contributed by atoms with E-state index in [1.54, 1.807) is 13.0 Å². The number of aromatic carboxylic acids is 1. The van der Waals surface area contributed by atoms with E-state index in [4.69, 9.17) is 9.52 Å². The first-order valence-corrected chi connectivity index (χ1v) is 6.36. The van der Waals surface area contributed by atoms with Crippen LogP contribution in [-0.4, -0.2) is 17.0 Å². The maximum Gasteiger partial charge on any atom is 0.335 e. The van der Waals surface area contributed by atoms with Crippen LogP contribution in [0.25, 0.3) is 0 Å². The number of halogens is 1. The Balaban J connectivity index is 2.28. The van der Waals surface area contributed by atoms with E-state index in [0.717, 1.165) is 18.2 Å². The van der Waals surface area contributed by atoms with Crippen molar-refractivity contribution in [1.29, 1.82) is 0 Å². The number of rotatable bonds is 4. The third kappa shape index (κ3) is 3.10. The first kappa shape index (κ1) is 14.8. The summed E-state index contributed by atoms with van der Waals surface area (Å²) >= 11 is 0. The molecule has 0 spiro atoms.